The molecule has 0 saturated carbocycles. The molecule has 3 heterocycles. The van der Waals surface area contributed by atoms with Gasteiger partial charge in [0.25, 0.3) is 5.56 Å². The molecule has 44 heavy (non-hydrogen) atoms. The second kappa shape index (κ2) is 13.2. The first-order valence-corrected chi connectivity index (χ1v) is 16.3. The summed E-state index contributed by atoms with van der Waals surface area (Å²) in [5.74, 6) is 0.575. The van der Waals surface area contributed by atoms with E-state index in [-0.39, 0.29) is 12.2 Å². The van der Waals surface area contributed by atoms with E-state index >= 15 is 0 Å². The molecular formula is C34H27BrN2O5S2. The SMILES string of the molecule is CCOC(=O)C1=C(c2ccccc2)N=c2s/c(=C\c3cccc(OC)c3OCc3ccc(Br)cc3)c(=O)n2[C@H]1c1cccs1. The summed E-state index contributed by atoms with van der Waals surface area (Å²) in [4.78, 5) is 34.0. The van der Waals surface area contributed by atoms with Crippen molar-refractivity contribution in [3.05, 3.63) is 142 Å². The van der Waals surface area contributed by atoms with Crippen LogP contribution in [0, 0.1) is 0 Å². The van der Waals surface area contributed by atoms with Crippen LogP contribution < -0.4 is 24.4 Å². The minimum Gasteiger partial charge on any atom is -0.493 e. The van der Waals surface area contributed by atoms with Gasteiger partial charge in [0.05, 0.1) is 29.5 Å². The summed E-state index contributed by atoms with van der Waals surface area (Å²) in [5.41, 5.74) is 3.01. The predicted octanol–water partition coefficient (Wildman–Crippen LogP) is 6.35. The van der Waals surface area contributed by atoms with Gasteiger partial charge in [0.15, 0.2) is 16.3 Å². The first-order valence-electron chi connectivity index (χ1n) is 13.8. The lowest BCUT2D eigenvalue weighted by Gasteiger charge is -2.24. The van der Waals surface area contributed by atoms with Gasteiger partial charge in [-0.15, -0.1) is 11.3 Å². The summed E-state index contributed by atoms with van der Waals surface area (Å²) < 4.78 is 20.4. The van der Waals surface area contributed by atoms with Crippen LogP contribution in [-0.2, 0) is 16.1 Å². The minimum atomic E-state index is -0.693. The molecule has 0 N–H and O–H groups in total. The maximum absolute atomic E-state index is 14.2. The zero-order chi connectivity index (χ0) is 30.6. The molecule has 0 fully saturated rings. The van der Waals surface area contributed by atoms with Crippen LogP contribution in [-0.4, -0.2) is 24.3 Å². The Bertz CT molecular complexity index is 2010. The first-order chi connectivity index (χ1) is 21.5. The van der Waals surface area contributed by atoms with Crippen molar-refractivity contribution in [2.24, 2.45) is 4.99 Å². The Morgan fingerprint density at radius 2 is 1.82 bits per heavy atom. The highest BCUT2D eigenvalue weighted by molar-refractivity contribution is 9.10. The number of ether oxygens (including phenoxy) is 3. The zero-order valence-corrected chi connectivity index (χ0v) is 27.1. The molecule has 1 aliphatic heterocycles. The Hall–Kier alpha value is -4.25. The van der Waals surface area contributed by atoms with E-state index in [1.807, 2.05) is 90.3 Å². The second-order valence-corrected chi connectivity index (χ2v) is 12.6. The molecule has 7 nitrogen and oxygen atoms in total. The smallest absolute Gasteiger partial charge is 0.338 e. The molecule has 1 atom stereocenters. The number of nitrogens with zero attached hydrogens (tertiary/aromatic N) is 2. The monoisotopic (exact) mass is 686 g/mol. The molecule has 3 aromatic carbocycles. The number of fused-ring (bicyclic) bond motifs is 1. The van der Waals surface area contributed by atoms with E-state index in [2.05, 4.69) is 15.9 Å². The molecule has 10 heteroatoms. The lowest BCUT2D eigenvalue weighted by Crippen LogP contribution is -2.39. The van der Waals surface area contributed by atoms with Crippen molar-refractivity contribution in [1.29, 1.82) is 0 Å². The molecule has 2 aromatic heterocycles. The summed E-state index contributed by atoms with van der Waals surface area (Å²) in [5, 5.41) is 1.93. The summed E-state index contributed by atoms with van der Waals surface area (Å²) in [6.45, 7) is 2.28. The number of carbonyl (C=O) groups excluding carboxylic acids is 1. The number of thiazole rings is 1. The Balaban J connectivity index is 1.52. The van der Waals surface area contributed by atoms with Crippen LogP contribution in [0.25, 0.3) is 11.8 Å². The van der Waals surface area contributed by atoms with Crippen molar-refractivity contribution >= 4 is 56.3 Å². The number of aromatic nitrogens is 1. The average Bonchev–Trinajstić information content (AvgIpc) is 3.69. The van der Waals surface area contributed by atoms with E-state index in [9.17, 15) is 9.59 Å². The number of esters is 1. The van der Waals surface area contributed by atoms with Crippen molar-refractivity contribution < 1.29 is 19.0 Å². The summed E-state index contributed by atoms with van der Waals surface area (Å²) in [6, 6.07) is 26.1. The standard InChI is InChI=1S/C34H27BrN2O5S2/c1-3-41-33(39)28-29(22-9-5-4-6-10-22)36-34-37(30(28)26-13-8-18-43-26)32(38)27(44-34)19-23-11-7-12-25(40-2)31(23)42-20-21-14-16-24(35)17-15-21/h4-19,30H,3,20H2,1-2H3/b27-19-/t30-/m0/s1. The van der Waals surface area contributed by atoms with Crippen LogP contribution in [0.3, 0.4) is 0 Å². The average molecular weight is 688 g/mol. The molecule has 0 unspecified atom stereocenters. The van der Waals surface area contributed by atoms with E-state index in [4.69, 9.17) is 19.2 Å². The van der Waals surface area contributed by atoms with Gasteiger partial charge in [0.1, 0.15) is 12.6 Å². The molecular weight excluding hydrogens is 660 g/mol. The fraction of sp³-hybridized carbons (Fsp3) is 0.147. The zero-order valence-electron chi connectivity index (χ0n) is 23.9. The molecule has 0 saturated heterocycles. The molecule has 0 aliphatic carbocycles. The van der Waals surface area contributed by atoms with Crippen LogP contribution in [0.2, 0.25) is 0 Å². The lowest BCUT2D eigenvalue weighted by atomic mass is 9.97. The molecule has 6 rings (SSSR count). The van der Waals surface area contributed by atoms with Gasteiger partial charge in [-0.2, -0.15) is 0 Å². The van der Waals surface area contributed by atoms with Gasteiger partial charge in [-0.3, -0.25) is 9.36 Å². The van der Waals surface area contributed by atoms with Crippen molar-refractivity contribution in [1.82, 2.24) is 4.57 Å². The third-order valence-corrected chi connectivity index (χ3v) is 9.44. The van der Waals surface area contributed by atoms with E-state index in [1.165, 1.54) is 22.7 Å². The predicted molar refractivity (Wildman–Crippen MR) is 177 cm³/mol. The number of thiophene rings is 1. The van der Waals surface area contributed by atoms with Crippen molar-refractivity contribution in [3.63, 3.8) is 0 Å². The van der Waals surface area contributed by atoms with Crippen LogP contribution in [0.4, 0.5) is 0 Å². The third kappa shape index (κ3) is 5.93. The van der Waals surface area contributed by atoms with Gasteiger partial charge >= 0.3 is 5.97 Å². The van der Waals surface area contributed by atoms with Gasteiger partial charge in [0, 0.05) is 20.5 Å². The van der Waals surface area contributed by atoms with Gasteiger partial charge < -0.3 is 14.2 Å². The quantitative estimate of drug-likeness (QED) is 0.169. The Labute approximate surface area is 270 Å². The second-order valence-electron chi connectivity index (χ2n) is 9.74. The molecule has 222 valence electrons. The molecule has 0 amide bonds. The van der Waals surface area contributed by atoms with Gasteiger partial charge in [-0.05, 0) is 48.2 Å². The van der Waals surface area contributed by atoms with Crippen LogP contribution >= 0.6 is 38.6 Å². The van der Waals surface area contributed by atoms with E-state index in [0.29, 0.717) is 44.3 Å². The Morgan fingerprint density at radius 3 is 2.52 bits per heavy atom. The minimum absolute atomic E-state index is 0.199. The van der Waals surface area contributed by atoms with Gasteiger partial charge in [0.2, 0.25) is 0 Å². The molecule has 0 spiro atoms. The number of methoxy groups -OCH3 is 1. The van der Waals surface area contributed by atoms with Crippen molar-refractivity contribution in [2.45, 2.75) is 19.6 Å². The van der Waals surface area contributed by atoms with Crippen molar-refractivity contribution in [2.75, 3.05) is 13.7 Å². The van der Waals surface area contributed by atoms with Crippen LogP contribution in [0.15, 0.2) is 110 Å². The van der Waals surface area contributed by atoms with E-state index in [1.54, 1.807) is 24.7 Å². The van der Waals surface area contributed by atoms with E-state index in [0.717, 1.165) is 20.5 Å². The first kappa shape index (κ1) is 29.8. The molecule has 5 aromatic rings. The topological polar surface area (TPSA) is 79.1 Å². The summed E-state index contributed by atoms with van der Waals surface area (Å²) in [6.07, 6.45) is 1.80. The lowest BCUT2D eigenvalue weighted by molar-refractivity contribution is -0.138. The fourth-order valence-electron chi connectivity index (χ4n) is 5.00. The summed E-state index contributed by atoms with van der Waals surface area (Å²) in [7, 11) is 1.59. The summed E-state index contributed by atoms with van der Waals surface area (Å²) >= 11 is 6.21. The van der Waals surface area contributed by atoms with Gasteiger partial charge in [-0.1, -0.05) is 87.9 Å². The number of carbonyl (C=O) groups is 1. The van der Waals surface area contributed by atoms with Crippen LogP contribution in [0.5, 0.6) is 11.5 Å². The highest BCUT2D eigenvalue weighted by Gasteiger charge is 2.35. The van der Waals surface area contributed by atoms with E-state index < -0.39 is 12.0 Å². The van der Waals surface area contributed by atoms with Crippen molar-refractivity contribution in [3.8, 4) is 11.5 Å². The number of rotatable bonds is 9. The van der Waals surface area contributed by atoms with Crippen LogP contribution in [0.1, 0.15) is 34.5 Å². The third-order valence-electron chi connectivity index (χ3n) is 7.00. The Morgan fingerprint density at radius 1 is 1.02 bits per heavy atom. The number of para-hydroxylation sites is 1. The number of halogens is 1. The molecule has 1 aliphatic rings. The Kier molecular flexibility index (Phi) is 8.92. The largest absolute Gasteiger partial charge is 0.493 e. The molecule has 0 bridgehead atoms. The normalized spacial score (nSPS) is 14.6. The number of benzene rings is 3. The number of hydrogen-bond acceptors (Lipinski definition) is 8. The maximum Gasteiger partial charge on any atom is 0.338 e. The maximum atomic E-state index is 14.2. The van der Waals surface area contributed by atoms with Gasteiger partial charge in [-0.25, -0.2) is 9.79 Å². The molecule has 0 radical (unpaired) electrons. The highest BCUT2D eigenvalue weighted by atomic mass is 79.9. The fourth-order valence-corrected chi connectivity index (χ4v) is 7.08. The number of hydrogen-bond donors (Lipinski definition) is 0. The highest BCUT2D eigenvalue weighted by Crippen LogP contribution is 2.37.